The minimum atomic E-state index is -1.14. The monoisotopic (exact) mass is 530 g/mol. The van der Waals surface area contributed by atoms with Gasteiger partial charge in [0.15, 0.2) is 11.5 Å². The third-order valence-corrected chi connectivity index (χ3v) is 6.96. The summed E-state index contributed by atoms with van der Waals surface area (Å²) >= 11 is 0. The van der Waals surface area contributed by atoms with Crippen LogP contribution in [0.25, 0.3) is 16.9 Å². The number of aliphatic hydroxyl groups is 1. The van der Waals surface area contributed by atoms with Gasteiger partial charge in [0.05, 0.1) is 12.2 Å². The van der Waals surface area contributed by atoms with Crippen LogP contribution in [0, 0.1) is 0 Å². The molecule has 0 saturated carbocycles. The summed E-state index contributed by atoms with van der Waals surface area (Å²) in [5.74, 6) is 0.912. The van der Waals surface area contributed by atoms with E-state index in [4.69, 9.17) is 4.98 Å². The molecule has 0 saturated heterocycles. The quantitative estimate of drug-likeness (QED) is 0.374. The van der Waals surface area contributed by atoms with E-state index in [-0.39, 0.29) is 11.5 Å². The van der Waals surface area contributed by atoms with Gasteiger partial charge in [-0.1, -0.05) is 12.1 Å². The molecule has 2 N–H and O–H groups in total. The lowest BCUT2D eigenvalue weighted by atomic mass is 9.99. The second-order valence-corrected chi connectivity index (χ2v) is 10.6. The van der Waals surface area contributed by atoms with Crippen molar-refractivity contribution in [2.75, 3.05) is 32.5 Å². The van der Waals surface area contributed by atoms with Gasteiger partial charge < -0.3 is 15.3 Å². The third kappa shape index (κ3) is 5.27. The molecule has 0 fully saturated rings. The molecule has 4 aromatic rings. The van der Waals surface area contributed by atoms with Gasteiger partial charge in [0.2, 0.25) is 11.9 Å². The van der Waals surface area contributed by atoms with Crippen molar-refractivity contribution in [1.29, 1.82) is 0 Å². The lowest BCUT2D eigenvalue weighted by Crippen LogP contribution is -2.39. The summed E-state index contributed by atoms with van der Waals surface area (Å²) in [5, 5.41) is 14.1. The molecule has 4 heterocycles. The van der Waals surface area contributed by atoms with Gasteiger partial charge in [0.25, 0.3) is 5.56 Å². The highest BCUT2D eigenvalue weighted by atomic mass is 16.3. The minimum absolute atomic E-state index is 0.0853. The Balaban J connectivity index is 1.48. The van der Waals surface area contributed by atoms with Gasteiger partial charge >= 0.3 is 0 Å². The molecule has 1 aliphatic heterocycles. The summed E-state index contributed by atoms with van der Waals surface area (Å²) in [6.45, 7) is 7.54. The average Bonchev–Trinajstić information content (AvgIpc) is 3.18. The smallest absolute Gasteiger partial charge is 0.278 e. The van der Waals surface area contributed by atoms with Crippen LogP contribution in [-0.4, -0.2) is 72.3 Å². The number of aromatic nitrogens is 5. The molecule has 1 aliphatic rings. The van der Waals surface area contributed by atoms with Gasteiger partial charge in [-0.25, -0.2) is 19.3 Å². The standard InChI is InChI=1S/C28H34N8O3/c1-6-35-26(38)21-15-29-27(32-25(21)36(35)23-9-7-8-22(31-23)28(2,3)39)30-20-11-10-18-12-13-34(16-19(18)14-20)17-24(37)33(4)5/h7-11,14-15,39H,6,12-13,16-17H2,1-5H3,(H,29,30,32). The first-order chi connectivity index (χ1) is 18.5. The van der Waals surface area contributed by atoms with Crippen LogP contribution in [0.15, 0.2) is 47.4 Å². The number of nitrogens with zero attached hydrogens (tertiary/aromatic N) is 7. The predicted octanol–water partition coefficient (Wildman–Crippen LogP) is 2.41. The van der Waals surface area contributed by atoms with Crippen molar-refractivity contribution in [2.45, 2.75) is 45.9 Å². The van der Waals surface area contributed by atoms with E-state index in [0.29, 0.717) is 48.1 Å². The molecule has 0 atom stereocenters. The number of amides is 1. The lowest BCUT2D eigenvalue weighted by Gasteiger charge is -2.29. The Kier molecular flexibility index (Phi) is 6.96. The third-order valence-electron chi connectivity index (χ3n) is 6.96. The van der Waals surface area contributed by atoms with E-state index >= 15 is 0 Å². The maximum Gasteiger partial charge on any atom is 0.278 e. The summed E-state index contributed by atoms with van der Waals surface area (Å²) in [5.41, 5.74) is 2.79. The Morgan fingerprint density at radius 2 is 1.95 bits per heavy atom. The van der Waals surface area contributed by atoms with E-state index in [1.165, 1.54) is 11.8 Å². The Hall–Kier alpha value is -4.09. The highest BCUT2D eigenvalue weighted by molar-refractivity contribution is 5.78. The number of anilines is 2. The molecular formula is C28H34N8O3. The Morgan fingerprint density at radius 1 is 1.15 bits per heavy atom. The largest absolute Gasteiger partial charge is 0.384 e. The van der Waals surface area contributed by atoms with Crippen LogP contribution in [0.5, 0.6) is 0 Å². The number of carbonyl (C=O) groups excluding carboxylic acids is 1. The summed E-state index contributed by atoms with van der Waals surface area (Å²) in [7, 11) is 3.54. The molecule has 3 aromatic heterocycles. The van der Waals surface area contributed by atoms with E-state index in [2.05, 4.69) is 32.3 Å². The number of hydrogen-bond acceptors (Lipinski definition) is 8. The van der Waals surface area contributed by atoms with E-state index in [1.807, 2.05) is 13.0 Å². The number of fused-ring (bicyclic) bond motifs is 2. The summed E-state index contributed by atoms with van der Waals surface area (Å²) in [6, 6.07) is 11.5. The molecule has 1 amide bonds. The number of hydrogen-bond donors (Lipinski definition) is 2. The first-order valence-electron chi connectivity index (χ1n) is 13.1. The number of carbonyl (C=O) groups is 1. The zero-order valence-corrected chi connectivity index (χ0v) is 23.0. The SMILES string of the molecule is CCn1c(=O)c2cnc(Nc3ccc4c(c3)CN(CC(=O)N(C)C)CC4)nc2n1-c1cccc(C(C)(C)O)n1. The number of rotatable bonds is 7. The molecule has 204 valence electrons. The van der Waals surface area contributed by atoms with Crippen LogP contribution in [-0.2, 0) is 29.9 Å². The van der Waals surface area contributed by atoms with Gasteiger partial charge in [0.1, 0.15) is 11.0 Å². The fourth-order valence-electron chi connectivity index (χ4n) is 4.78. The molecule has 11 nitrogen and oxygen atoms in total. The number of nitrogens with one attached hydrogen (secondary N) is 1. The van der Waals surface area contributed by atoms with Crippen molar-refractivity contribution in [3.63, 3.8) is 0 Å². The van der Waals surface area contributed by atoms with Crippen LogP contribution < -0.4 is 10.9 Å². The van der Waals surface area contributed by atoms with Crippen molar-refractivity contribution in [3.05, 3.63) is 69.8 Å². The van der Waals surface area contributed by atoms with Crippen LogP contribution in [0.3, 0.4) is 0 Å². The van der Waals surface area contributed by atoms with Gasteiger partial charge in [-0.3, -0.25) is 14.5 Å². The Labute approximate surface area is 226 Å². The highest BCUT2D eigenvalue weighted by Crippen LogP contribution is 2.25. The van der Waals surface area contributed by atoms with Crippen molar-refractivity contribution >= 4 is 28.6 Å². The first kappa shape index (κ1) is 26.5. The lowest BCUT2D eigenvalue weighted by molar-refractivity contribution is -0.130. The van der Waals surface area contributed by atoms with Crippen LogP contribution in [0.2, 0.25) is 0 Å². The number of benzene rings is 1. The predicted molar refractivity (Wildman–Crippen MR) is 149 cm³/mol. The topological polar surface area (TPSA) is 121 Å². The van der Waals surface area contributed by atoms with Gasteiger partial charge in [-0.15, -0.1) is 0 Å². The van der Waals surface area contributed by atoms with Crippen LogP contribution >= 0.6 is 0 Å². The fourth-order valence-corrected chi connectivity index (χ4v) is 4.78. The second-order valence-electron chi connectivity index (χ2n) is 10.6. The molecule has 0 bridgehead atoms. The summed E-state index contributed by atoms with van der Waals surface area (Å²) in [6.07, 6.45) is 2.41. The molecule has 11 heteroatoms. The van der Waals surface area contributed by atoms with Crippen LogP contribution in [0.1, 0.15) is 37.6 Å². The highest BCUT2D eigenvalue weighted by Gasteiger charge is 2.22. The summed E-state index contributed by atoms with van der Waals surface area (Å²) < 4.78 is 3.23. The maximum atomic E-state index is 13.1. The molecular weight excluding hydrogens is 496 g/mol. The molecule has 0 aliphatic carbocycles. The maximum absolute atomic E-state index is 13.1. The van der Waals surface area contributed by atoms with Gasteiger partial charge in [0, 0.05) is 45.6 Å². The molecule has 39 heavy (non-hydrogen) atoms. The average molecular weight is 531 g/mol. The first-order valence-corrected chi connectivity index (χ1v) is 13.1. The molecule has 0 spiro atoms. The molecule has 0 unspecified atom stereocenters. The summed E-state index contributed by atoms with van der Waals surface area (Å²) in [4.78, 5) is 42.9. The molecule has 1 aromatic carbocycles. The van der Waals surface area contributed by atoms with Crippen molar-refractivity contribution in [3.8, 4) is 5.82 Å². The van der Waals surface area contributed by atoms with Crippen molar-refractivity contribution < 1.29 is 9.90 Å². The zero-order valence-electron chi connectivity index (χ0n) is 23.0. The van der Waals surface area contributed by atoms with Crippen molar-refractivity contribution in [1.82, 2.24) is 34.1 Å². The van der Waals surface area contributed by atoms with Gasteiger partial charge in [-0.05, 0) is 62.6 Å². The van der Waals surface area contributed by atoms with E-state index < -0.39 is 5.60 Å². The zero-order chi connectivity index (χ0) is 27.9. The van der Waals surface area contributed by atoms with E-state index in [9.17, 15) is 14.7 Å². The number of likely N-dealkylation sites (N-methyl/N-ethyl adjacent to an activating group) is 1. The normalized spacial score (nSPS) is 13.9. The van der Waals surface area contributed by atoms with Crippen LogP contribution in [0.4, 0.5) is 11.6 Å². The second kappa shape index (κ2) is 10.2. The fraction of sp³-hybridized carbons (Fsp3) is 0.393. The number of pyridine rings is 1. The van der Waals surface area contributed by atoms with Crippen molar-refractivity contribution in [2.24, 2.45) is 0 Å². The molecule has 0 radical (unpaired) electrons. The van der Waals surface area contributed by atoms with E-state index in [0.717, 1.165) is 24.2 Å². The van der Waals surface area contributed by atoms with E-state index in [1.54, 1.807) is 60.4 Å². The van der Waals surface area contributed by atoms with Gasteiger partial charge in [-0.2, -0.15) is 4.98 Å². The minimum Gasteiger partial charge on any atom is -0.384 e. The Morgan fingerprint density at radius 3 is 2.67 bits per heavy atom. The molecule has 5 rings (SSSR count). The Bertz CT molecular complexity index is 1600.